The molecule has 0 spiro atoms. The number of thioether (sulfide) groups is 1. The van der Waals surface area contributed by atoms with E-state index in [2.05, 4.69) is 5.32 Å². The molecule has 1 amide bonds. The number of hydrogen-bond acceptors (Lipinski definition) is 5. The Kier molecular flexibility index (Phi) is 6.09. The van der Waals surface area contributed by atoms with Gasteiger partial charge in [0.25, 0.3) is 5.91 Å². The highest BCUT2D eigenvalue weighted by Gasteiger charge is 2.28. The maximum absolute atomic E-state index is 12.4. The van der Waals surface area contributed by atoms with E-state index >= 15 is 0 Å². The van der Waals surface area contributed by atoms with Crippen LogP contribution >= 0.6 is 11.8 Å². The van der Waals surface area contributed by atoms with Crippen molar-refractivity contribution in [3.05, 3.63) is 58.1 Å². The number of ether oxygens (including phenoxy) is 1. The third-order valence-electron chi connectivity index (χ3n) is 3.16. The van der Waals surface area contributed by atoms with Crippen LogP contribution in [0.5, 0.6) is 5.75 Å². The maximum Gasteiger partial charge on any atom is 0.398 e. The molecule has 0 saturated carbocycles. The fourth-order valence-electron chi connectivity index (χ4n) is 2.02. The number of carbonyl (C=O) groups is 1. The predicted molar refractivity (Wildman–Crippen MR) is 90.8 cm³/mol. The molecule has 2 aromatic carbocycles. The zero-order chi connectivity index (χ0) is 19.3. The Morgan fingerprint density at radius 2 is 1.96 bits per heavy atom. The minimum absolute atomic E-state index is 0.00678. The summed E-state index contributed by atoms with van der Waals surface area (Å²) in [6.45, 7) is 0. The van der Waals surface area contributed by atoms with E-state index in [1.807, 2.05) is 0 Å². The standard InChI is InChI=1S/C16H13F3N2O4S/c1-25-13-7-6-10(8-12(13)21(23)24)15(22)20-11-4-2-3-5-14(11)26-9-16(17,18)19/h2-8H,9H2,1H3,(H,20,22). The van der Waals surface area contributed by atoms with Crippen molar-refractivity contribution in [2.75, 3.05) is 18.2 Å². The molecule has 0 saturated heterocycles. The Balaban J connectivity index is 2.23. The molecule has 0 unspecified atom stereocenters. The van der Waals surface area contributed by atoms with Gasteiger partial charge in [-0.2, -0.15) is 13.2 Å². The molecule has 2 rings (SSSR count). The van der Waals surface area contributed by atoms with Gasteiger partial charge in [0.05, 0.1) is 23.5 Å². The number of para-hydroxylation sites is 1. The molecule has 0 bridgehead atoms. The third-order valence-corrected chi connectivity index (χ3v) is 4.30. The molecule has 26 heavy (non-hydrogen) atoms. The monoisotopic (exact) mass is 386 g/mol. The lowest BCUT2D eigenvalue weighted by atomic mass is 10.1. The first kappa shape index (κ1) is 19.6. The predicted octanol–water partition coefficient (Wildman–Crippen LogP) is 4.51. The Morgan fingerprint density at radius 3 is 2.58 bits per heavy atom. The maximum atomic E-state index is 12.4. The highest BCUT2D eigenvalue weighted by atomic mass is 32.2. The van der Waals surface area contributed by atoms with E-state index in [0.29, 0.717) is 11.8 Å². The summed E-state index contributed by atoms with van der Waals surface area (Å²) in [6.07, 6.45) is -4.35. The first-order valence-corrected chi connectivity index (χ1v) is 8.12. The molecule has 0 radical (unpaired) electrons. The molecular formula is C16H13F3N2O4S. The van der Waals surface area contributed by atoms with Gasteiger partial charge in [0.15, 0.2) is 5.75 Å². The topological polar surface area (TPSA) is 81.5 Å². The van der Waals surface area contributed by atoms with Crippen molar-refractivity contribution in [1.29, 1.82) is 0 Å². The summed E-state index contributed by atoms with van der Waals surface area (Å²) in [4.78, 5) is 22.9. The number of carbonyl (C=O) groups excluding carboxylic acids is 1. The van der Waals surface area contributed by atoms with Gasteiger partial charge < -0.3 is 10.1 Å². The number of nitrogens with zero attached hydrogens (tertiary/aromatic N) is 1. The second kappa shape index (κ2) is 8.09. The average molecular weight is 386 g/mol. The van der Waals surface area contributed by atoms with Crippen LogP contribution in [0.1, 0.15) is 10.4 Å². The SMILES string of the molecule is COc1ccc(C(=O)Nc2ccccc2SCC(F)(F)F)cc1[N+](=O)[O-]. The van der Waals surface area contributed by atoms with E-state index in [-0.39, 0.29) is 27.6 Å². The minimum Gasteiger partial charge on any atom is -0.490 e. The van der Waals surface area contributed by atoms with Crippen molar-refractivity contribution in [3.63, 3.8) is 0 Å². The molecule has 0 fully saturated rings. The molecule has 0 aliphatic rings. The smallest absolute Gasteiger partial charge is 0.398 e. The van der Waals surface area contributed by atoms with Crippen LogP contribution in [0.25, 0.3) is 0 Å². The zero-order valence-electron chi connectivity index (χ0n) is 13.4. The molecule has 6 nitrogen and oxygen atoms in total. The van der Waals surface area contributed by atoms with E-state index < -0.39 is 22.8 Å². The molecule has 0 aliphatic carbocycles. The lowest BCUT2D eigenvalue weighted by molar-refractivity contribution is -0.385. The van der Waals surface area contributed by atoms with Crippen LogP contribution in [0, 0.1) is 10.1 Å². The van der Waals surface area contributed by atoms with Gasteiger partial charge in [-0.15, -0.1) is 11.8 Å². The van der Waals surface area contributed by atoms with Crippen molar-refractivity contribution in [2.45, 2.75) is 11.1 Å². The second-order valence-corrected chi connectivity index (χ2v) is 6.02. The third kappa shape index (κ3) is 5.12. The highest BCUT2D eigenvalue weighted by Crippen LogP contribution is 2.33. The molecule has 0 aliphatic heterocycles. The summed E-state index contributed by atoms with van der Waals surface area (Å²) >= 11 is 0.537. The summed E-state index contributed by atoms with van der Waals surface area (Å²) in [7, 11) is 1.26. The van der Waals surface area contributed by atoms with Gasteiger partial charge >= 0.3 is 11.9 Å². The number of nitro benzene ring substituents is 1. The molecule has 0 atom stereocenters. The van der Waals surface area contributed by atoms with Crippen LogP contribution in [0.2, 0.25) is 0 Å². The summed E-state index contributed by atoms with van der Waals surface area (Å²) in [6, 6.07) is 9.65. The van der Waals surface area contributed by atoms with Gasteiger partial charge in [-0.05, 0) is 24.3 Å². The lowest BCUT2D eigenvalue weighted by Gasteiger charge is -2.12. The molecule has 1 N–H and O–H groups in total. The van der Waals surface area contributed by atoms with Crippen LogP contribution in [0.4, 0.5) is 24.5 Å². The van der Waals surface area contributed by atoms with Crippen LogP contribution in [-0.2, 0) is 0 Å². The number of rotatable bonds is 6. The number of amides is 1. The summed E-state index contributed by atoms with van der Waals surface area (Å²) in [5, 5.41) is 13.5. The zero-order valence-corrected chi connectivity index (χ0v) is 14.2. The van der Waals surface area contributed by atoms with Gasteiger partial charge in [0.2, 0.25) is 0 Å². The highest BCUT2D eigenvalue weighted by molar-refractivity contribution is 7.99. The summed E-state index contributed by atoms with van der Waals surface area (Å²) < 4.78 is 42.1. The van der Waals surface area contributed by atoms with Crippen molar-refractivity contribution in [1.82, 2.24) is 0 Å². The van der Waals surface area contributed by atoms with Crippen molar-refractivity contribution < 1.29 is 27.6 Å². The van der Waals surface area contributed by atoms with E-state index in [1.54, 1.807) is 12.1 Å². The Bertz CT molecular complexity index is 827. The Hall–Kier alpha value is -2.75. The number of alkyl halides is 3. The van der Waals surface area contributed by atoms with E-state index in [4.69, 9.17) is 4.74 Å². The van der Waals surface area contributed by atoms with Crippen molar-refractivity contribution in [3.8, 4) is 5.75 Å². The molecule has 0 aromatic heterocycles. The van der Waals surface area contributed by atoms with Gasteiger partial charge in [-0.3, -0.25) is 14.9 Å². The molecule has 138 valence electrons. The van der Waals surface area contributed by atoms with Crippen LogP contribution < -0.4 is 10.1 Å². The normalized spacial score (nSPS) is 11.1. The molecule has 0 heterocycles. The Morgan fingerprint density at radius 1 is 1.27 bits per heavy atom. The van der Waals surface area contributed by atoms with Gasteiger partial charge in [0, 0.05) is 16.5 Å². The fourth-order valence-corrected chi connectivity index (χ4v) is 2.79. The van der Waals surface area contributed by atoms with Gasteiger partial charge in [0.1, 0.15) is 0 Å². The number of nitro groups is 1. The van der Waals surface area contributed by atoms with Crippen molar-refractivity contribution >= 4 is 29.0 Å². The van der Waals surface area contributed by atoms with Gasteiger partial charge in [-0.25, -0.2) is 0 Å². The van der Waals surface area contributed by atoms with Crippen LogP contribution in [0.3, 0.4) is 0 Å². The van der Waals surface area contributed by atoms with Crippen LogP contribution in [0.15, 0.2) is 47.4 Å². The van der Waals surface area contributed by atoms with E-state index in [1.165, 1.54) is 31.4 Å². The number of nitrogens with one attached hydrogen (secondary N) is 1. The number of hydrogen-bond donors (Lipinski definition) is 1. The van der Waals surface area contributed by atoms with E-state index in [9.17, 15) is 28.1 Å². The number of anilines is 1. The van der Waals surface area contributed by atoms with E-state index in [0.717, 1.165) is 6.07 Å². The minimum atomic E-state index is -4.35. The molecule has 2 aromatic rings. The molecule has 10 heteroatoms. The lowest BCUT2D eigenvalue weighted by Crippen LogP contribution is -2.14. The average Bonchev–Trinajstić information content (AvgIpc) is 2.59. The van der Waals surface area contributed by atoms with Gasteiger partial charge in [-0.1, -0.05) is 12.1 Å². The number of halogens is 3. The first-order valence-electron chi connectivity index (χ1n) is 7.13. The summed E-state index contributed by atoms with van der Waals surface area (Å²) in [5.41, 5.74) is -0.224. The van der Waals surface area contributed by atoms with Crippen molar-refractivity contribution in [2.24, 2.45) is 0 Å². The number of benzene rings is 2. The first-order chi connectivity index (χ1) is 12.2. The fraction of sp³-hybridized carbons (Fsp3) is 0.188. The second-order valence-electron chi connectivity index (χ2n) is 5.00. The summed E-state index contributed by atoms with van der Waals surface area (Å²) in [5.74, 6) is -1.79. The largest absolute Gasteiger partial charge is 0.490 e. The van der Waals surface area contributed by atoms with Crippen LogP contribution in [-0.4, -0.2) is 29.9 Å². The molecular weight excluding hydrogens is 373 g/mol. The quantitative estimate of drug-likeness (QED) is 0.449. The Labute approximate surface area is 150 Å². The number of methoxy groups -OCH3 is 1.